The average Bonchev–Trinajstić information content (AvgIpc) is 2.59. The lowest BCUT2D eigenvalue weighted by Gasteiger charge is -2.22. The molecule has 1 fully saturated rings. The van der Waals surface area contributed by atoms with Crippen molar-refractivity contribution in [1.29, 1.82) is 0 Å². The van der Waals surface area contributed by atoms with Crippen LogP contribution in [0, 0.1) is 5.92 Å². The Morgan fingerprint density at radius 2 is 2.25 bits per heavy atom. The highest BCUT2D eigenvalue weighted by atomic mass is 15.2. The van der Waals surface area contributed by atoms with Crippen molar-refractivity contribution in [2.75, 3.05) is 23.3 Å². The molecule has 1 N–H and O–H groups in total. The topological polar surface area (TPSA) is 41.1 Å². The largest absolute Gasteiger partial charge is 0.369 e. The van der Waals surface area contributed by atoms with Crippen molar-refractivity contribution in [3.05, 3.63) is 12.4 Å². The smallest absolute Gasteiger partial charge is 0.149 e. The molecule has 0 bridgehead atoms. The first-order valence-corrected chi connectivity index (χ1v) is 6.03. The molecule has 2 heterocycles. The van der Waals surface area contributed by atoms with Gasteiger partial charge in [0.2, 0.25) is 0 Å². The van der Waals surface area contributed by atoms with Gasteiger partial charge in [0.25, 0.3) is 0 Å². The van der Waals surface area contributed by atoms with Gasteiger partial charge < -0.3 is 10.2 Å². The van der Waals surface area contributed by atoms with Crippen LogP contribution in [0.1, 0.15) is 27.2 Å². The summed E-state index contributed by atoms with van der Waals surface area (Å²) in [4.78, 5) is 11.2. The Hall–Kier alpha value is -1.32. The predicted octanol–water partition coefficient (Wildman–Crippen LogP) is 2.14. The van der Waals surface area contributed by atoms with Crippen LogP contribution in [0.25, 0.3) is 0 Å². The van der Waals surface area contributed by atoms with Crippen LogP contribution in [0.2, 0.25) is 0 Å². The lowest BCUT2D eigenvalue weighted by atomic mass is 10.1. The molecular formula is C12H20N4. The van der Waals surface area contributed by atoms with Crippen molar-refractivity contribution < 1.29 is 0 Å². The van der Waals surface area contributed by atoms with Gasteiger partial charge in [0.15, 0.2) is 0 Å². The van der Waals surface area contributed by atoms with E-state index < -0.39 is 0 Å². The number of rotatable bonds is 3. The first-order chi connectivity index (χ1) is 7.70. The molecule has 0 aliphatic carbocycles. The lowest BCUT2D eigenvalue weighted by molar-refractivity contribution is 0.625. The van der Waals surface area contributed by atoms with Gasteiger partial charge in [0.1, 0.15) is 11.6 Å². The summed E-state index contributed by atoms with van der Waals surface area (Å²) in [5, 5.41) is 3.20. The maximum absolute atomic E-state index is 4.58. The second-order valence-corrected chi connectivity index (χ2v) is 4.64. The molecule has 16 heavy (non-hydrogen) atoms. The van der Waals surface area contributed by atoms with Crippen molar-refractivity contribution in [2.45, 2.75) is 33.2 Å². The Bertz CT molecular complexity index is 353. The minimum absolute atomic E-state index is 0.571. The molecule has 4 nitrogen and oxygen atoms in total. The minimum atomic E-state index is 0.571. The van der Waals surface area contributed by atoms with E-state index in [4.69, 9.17) is 0 Å². The Labute approximate surface area is 97.1 Å². The minimum Gasteiger partial charge on any atom is -0.369 e. The summed E-state index contributed by atoms with van der Waals surface area (Å²) in [7, 11) is 0. The van der Waals surface area contributed by atoms with Gasteiger partial charge in [-0.2, -0.15) is 0 Å². The summed E-state index contributed by atoms with van der Waals surface area (Å²) in [5.41, 5.74) is 0. The van der Waals surface area contributed by atoms with Gasteiger partial charge in [0, 0.05) is 19.1 Å². The van der Waals surface area contributed by atoms with E-state index in [2.05, 4.69) is 41.0 Å². The zero-order valence-corrected chi connectivity index (χ0v) is 10.3. The Kier molecular flexibility index (Phi) is 3.27. The first-order valence-electron chi connectivity index (χ1n) is 6.03. The van der Waals surface area contributed by atoms with Gasteiger partial charge in [0.05, 0.1) is 12.4 Å². The van der Waals surface area contributed by atoms with Crippen LogP contribution in [-0.4, -0.2) is 29.1 Å². The van der Waals surface area contributed by atoms with Gasteiger partial charge in [-0.15, -0.1) is 0 Å². The highest BCUT2D eigenvalue weighted by Crippen LogP contribution is 2.27. The van der Waals surface area contributed by atoms with Crippen molar-refractivity contribution in [1.82, 2.24) is 9.97 Å². The zero-order valence-electron chi connectivity index (χ0n) is 10.3. The molecule has 88 valence electrons. The van der Waals surface area contributed by atoms with Gasteiger partial charge in [-0.05, 0) is 26.2 Å². The highest BCUT2D eigenvalue weighted by molar-refractivity contribution is 5.45. The molecule has 1 aromatic rings. The Morgan fingerprint density at radius 1 is 1.44 bits per heavy atom. The van der Waals surface area contributed by atoms with Crippen molar-refractivity contribution >= 4 is 11.6 Å². The van der Waals surface area contributed by atoms with Crippen LogP contribution in [0.4, 0.5) is 11.6 Å². The van der Waals surface area contributed by atoms with E-state index in [9.17, 15) is 0 Å². The summed E-state index contributed by atoms with van der Waals surface area (Å²) in [6, 6.07) is 0.571. The monoisotopic (exact) mass is 220 g/mol. The van der Waals surface area contributed by atoms with E-state index in [0.717, 1.165) is 30.6 Å². The number of hydrogen-bond donors (Lipinski definition) is 1. The molecule has 1 aliphatic rings. The van der Waals surface area contributed by atoms with Crippen LogP contribution >= 0.6 is 0 Å². The van der Waals surface area contributed by atoms with E-state index in [1.165, 1.54) is 6.42 Å². The van der Waals surface area contributed by atoms with Gasteiger partial charge in [-0.3, -0.25) is 4.98 Å². The van der Waals surface area contributed by atoms with E-state index in [0.29, 0.717) is 6.04 Å². The predicted molar refractivity (Wildman–Crippen MR) is 66.8 cm³/mol. The molecule has 1 aromatic heterocycles. The van der Waals surface area contributed by atoms with E-state index in [1.807, 2.05) is 6.20 Å². The van der Waals surface area contributed by atoms with Crippen LogP contribution in [0.3, 0.4) is 0 Å². The van der Waals surface area contributed by atoms with Gasteiger partial charge in [-0.1, -0.05) is 6.92 Å². The molecule has 1 aliphatic heterocycles. The van der Waals surface area contributed by atoms with E-state index in [-0.39, 0.29) is 0 Å². The number of nitrogens with one attached hydrogen (secondary N) is 1. The maximum atomic E-state index is 4.58. The summed E-state index contributed by atoms with van der Waals surface area (Å²) in [6.07, 6.45) is 4.87. The first kappa shape index (κ1) is 11.2. The van der Waals surface area contributed by atoms with E-state index in [1.54, 1.807) is 6.20 Å². The van der Waals surface area contributed by atoms with Crippen molar-refractivity contribution in [3.63, 3.8) is 0 Å². The third-order valence-electron chi connectivity index (χ3n) is 3.06. The molecule has 0 radical (unpaired) electrons. The zero-order chi connectivity index (χ0) is 11.5. The van der Waals surface area contributed by atoms with Crippen molar-refractivity contribution in [3.8, 4) is 0 Å². The molecule has 0 amide bonds. The molecule has 1 saturated heterocycles. The Morgan fingerprint density at radius 3 is 2.88 bits per heavy atom. The number of aromatic nitrogens is 2. The average molecular weight is 220 g/mol. The fourth-order valence-corrected chi connectivity index (χ4v) is 2.38. The summed E-state index contributed by atoms with van der Waals surface area (Å²) in [5.74, 6) is 2.61. The third kappa shape index (κ3) is 2.26. The fraction of sp³-hybridized carbons (Fsp3) is 0.667. The molecular weight excluding hydrogens is 200 g/mol. The normalized spacial score (nSPS) is 24.8. The Balaban J connectivity index is 2.16. The second kappa shape index (κ2) is 4.68. The molecule has 2 unspecified atom stereocenters. The lowest BCUT2D eigenvalue weighted by Crippen LogP contribution is -2.27. The van der Waals surface area contributed by atoms with Gasteiger partial charge >= 0.3 is 0 Å². The van der Waals surface area contributed by atoms with E-state index >= 15 is 0 Å². The van der Waals surface area contributed by atoms with Crippen molar-refractivity contribution in [2.24, 2.45) is 5.92 Å². The third-order valence-corrected chi connectivity index (χ3v) is 3.06. The summed E-state index contributed by atoms with van der Waals surface area (Å²) < 4.78 is 0. The SMILES string of the molecule is CCNc1cncc(N2CC(C)CC2C)n1. The molecule has 0 spiro atoms. The fourth-order valence-electron chi connectivity index (χ4n) is 2.38. The number of anilines is 2. The second-order valence-electron chi connectivity index (χ2n) is 4.64. The molecule has 0 saturated carbocycles. The van der Waals surface area contributed by atoms with Crippen LogP contribution in [0.15, 0.2) is 12.4 Å². The number of hydrogen-bond acceptors (Lipinski definition) is 4. The van der Waals surface area contributed by atoms with Crippen LogP contribution < -0.4 is 10.2 Å². The summed E-state index contributed by atoms with van der Waals surface area (Å²) in [6.45, 7) is 8.58. The standard InChI is InChI=1S/C12H20N4/c1-4-14-11-6-13-7-12(15-11)16-8-9(2)5-10(16)3/h6-7,9-10H,4-5,8H2,1-3H3,(H,14,15). The number of nitrogens with zero attached hydrogens (tertiary/aromatic N) is 3. The summed E-state index contributed by atoms with van der Waals surface area (Å²) >= 11 is 0. The quantitative estimate of drug-likeness (QED) is 0.847. The van der Waals surface area contributed by atoms with Crippen LogP contribution in [0.5, 0.6) is 0 Å². The molecule has 2 atom stereocenters. The molecule has 0 aromatic carbocycles. The maximum Gasteiger partial charge on any atom is 0.149 e. The highest BCUT2D eigenvalue weighted by Gasteiger charge is 2.27. The molecule has 4 heteroatoms. The van der Waals surface area contributed by atoms with Gasteiger partial charge in [-0.25, -0.2) is 4.98 Å². The molecule has 2 rings (SSSR count). The van der Waals surface area contributed by atoms with Crippen LogP contribution in [-0.2, 0) is 0 Å².